The van der Waals surface area contributed by atoms with E-state index in [0.29, 0.717) is 48.7 Å². The minimum atomic E-state index is -4.78. The third kappa shape index (κ3) is 9.12. The molecule has 3 saturated heterocycles. The Hall–Kier alpha value is -5.36. The second-order valence-electron chi connectivity index (χ2n) is 14.9. The van der Waals surface area contributed by atoms with Crippen LogP contribution < -0.4 is 36.2 Å². The summed E-state index contributed by atoms with van der Waals surface area (Å²) in [4.78, 5) is 58.2. The van der Waals surface area contributed by atoms with Gasteiger partial charge in [0.2, 0.25) is 17.7 Å². The van der Waals surface area contributed by atoms with E-state index in [1.54, 1.807) is 61.2 Å². The van der Waals surface area contributed by atoms with E-state index in [1.807, 2.05) is 11.8 Å². The van der Waals surface area contributed by atoms with Gasteiger partial charge in [-0.1, -0.05) is 13.0 Å². The summed E-state index contributed by atoms with van der Waals surface area (Å²) < 4.78 is 62.8. The zero-order chi connectivity index (χ0) is 41.3. The number of hydrogen-bond acceptors (Lipinski definition) is 10. The minimum absolute atomic E-state index is 0.0304. The van der Waals surface area contributed by atoms with E-state index in [1.165, 1.54) is 0 Å². The molecule has 0 aliphatic carbocycles. The van der Waals surface area contributed by atoms with Gasteiger partial charge in [0.05, 0.1) is 30.6 Å². The van der Waals surface area contributed by atoms with Gasteiger partial charge in [-0.3, -0.25) is 34.3 Å². The number of anilines is 5. The first kappa shape index (κ1) is 41.3. The Morgan fingerprint density at radius 3 is 2.47 bits per heavy atom. The number of likely N-dealkylation sites (tertiary alicyclic amines) is 1. The normalized spacial score (nSPS) is 19.7. The van der Waals surface area contributed by atoms with Crippen molar-refractivity contribution in [3.63, 3.8) is 0 Å². The maximum absolute atomic E-state index is 15.9. The standard InChI is InChI=1S/C39H44F4N8O5S/c1-4-23-18-26(51-36(57)50(35(55)37(51,2)3)27-20-28(39(41,42)43)33(44)45-21-27)8-10-30(23)56-17-14-38(40)12-15-49(16-13-38)22-32(53)47-25-7-5-6-24(19-25)46-29-9-11-31(52)48-34(29)54/h5-8,10,18-21,29,46H,4,9,11-17,22H2,1-3H3,(H2,44,45)(H,47,53)(H,48,52,54). The largest absolute Gasteiger partial charge is 0.493 e. The lowest BCUT2D eigenvalue weighted by Crippen LogP contribution is -2.47. The van der Waals surface area contributed by atoms with Gasteiger partial charge < -0.3 is 26.0 Å². The fourth-order valence-electron chi connectivity index (χ4n) is 7.22. The quantitative estimate of drug-likeness (QED) is 0.103. The fourth-order valence-corrected chi connectivity index (χ4v) is 7.74. The summed E-state index contributed by atoms with van der Waals surface area (Å²) >= 11 is 5.66. The van der Waals surface area contributed by atoms with Crippen molar-refractivity contribution >= 4 is 69.5 Å². The number of halogens is 4. The molecule has 3 fully saturated rings. The van der Waals surface area contributed by atoms with Crippen LogP contribution in [0.4, 0.5) is 46.1 Å². The van der Waals surface area contributed by atoms with Gasteiger partial charge in [0, 0.05) is 43.0 Å². The molecule has 1 atom stereocenters. The minimum Gasteiger partial charge on any atom is -0.493 e. The van der Waals surface area contributed by atoms with Crippen LogP contribution in [0.25, 0.3) is 0 Å². The molecular weight excluding hydrogens is 769 g/mol. The number of amides is 4. The van der Waals surface area contributed by atoms with Crippen LogP contribution in [0.15, 0.2) is 54.7 Å². The average molecular weight is 813 g/mol. The first-order chi connectivity index (χ1) is 26.9. The van der Waals surface area contributed by atoms with Crippen molar-refractivity contribution in [3.05, 3.63) is 65.9 Å². The van der Waals surface area contributed by atoms with Gasteiger partial charge in [-0.15, -0.1) is 0 Å². The molecule has 3 aromatic rings. The maximum atomic E-state index is 15.9. The number of benzene rings is 2. The van der Waals surface area contributed by atoms with Gasteiger partial charge in [-0.2, -0.15) is 13.2 Å². The Morgan fingerprint density at radius 2 is 1.79 bits per heavy atom. The van der Waals surface area contributed by atoms with E-state index >= 15 is 4.39 Å². The number of rotatable bonds is 12. The van der Waals surface area contributed by atoms with E-state index in [4.69, 9.17) is 22.7 Å². The van der Waals surface area contributed by atoms with Crippen LogP contribution in [-0.2, 0) is 31.8 Å². The number of ether oxygens (including phenoxy) is 1. The molecule has 18 heteroatoms. The molecule has 304 valence electrons. The monoisotopic (exact) mass is 812 g/mol. The van der Waals surface area contributed by atoms with Crippen LogP contribution in [0.5, 0.6) is 5.75 Å². The number of nitrogens with zero attached hydrogens (tertiary/aromatic N) is 4. The number of nitrogen functional groups attached to an aromatic ring is 1. The number of carbonyl (C=O) groups is 4. The molecular formula is C39H44F4N8O5S. The van der Waals surface area contributed by atoms with Crippen LogP contribution in [0.1, 0.15) is 64.0 Å². The topological polar surface area (TPSA) is 162 Å². The van der Waals surface area contributed by atoms with Crippen LogP contribution >= 0.6 is 12.2 Å². The van der Waals surface area contributed by atoms with Gasteiger partial charge in [0.15, 0.2) is 5.11 Å². The van der Waals surface area contributed by atoms with Gasteiger partial charge in [0.25, 0.3) is 5.91 Å². The number of alkyl halides is 4. The second-order valence-corrected chi connectivity index (χ2v) is 15.3. The van der Waals surface area contributed by atoms with Crippen molar-refractivity contribution < 1.29 is 41.5 Å². The van der Waals surface area contributed by atoms with E-state index in [-0.39, 0.29) is 61.4 Å². The number of hydrogen-bond donors (Lipinski definition) is 4. The number of thiocarbonyl (C=S) groups is 1. The molecule has 3 aliphatic rings. The highest BCUT2D eigenvalue weighted by Crippen LogP contribution is 2.41. The Bertz CT molecular complexity index is 2070. The summed E-state index contributed by atoms with van der Waals surface area (Å²) in [7, 11) is 0. The Kier molecular flexibility index (Phi) is 11.8. The summed E-state index contributed by atoms with van der Waals surface area (Å²) in [5.41, 5.74) is 3.84. The van der Waals surface area contributed by atoms with Gasteiger partial charge >= 0.3 is 6.18 Å². The second kappa shape index (κ2) is 16.2. The Labute approximate surface area is 332 Å². The van der Waals surface area contributed by atoms with E-state index < -0.39 is 46.6 Å². The van der Waals surface area contributed by atoms with E-state index in [2.05, 4.69) is 20.9 Å². The SMILES string of the molecule is CCc1cc(N2C(=S)N(c3cnc(N)c(C(F)(F)F)c3)C(=O)C2(C)C)ccc1OCCC1(F)CCN(CC(=O)Nc2cccc(NC3CCC(=O)NC3=O)c2)CC1. The van der Waals surface area contributed by atoms with Crippen LogP contribution in [-0.4, -0.2) is 82.1 Å². The highest BCUT2D eigenvalue weighted by atomic mass is 32.1. The summed E-state index contributed by atoms with van der Waals surface area (Å²) in [6, 6.07) is 12.3. The lowest BCUT2D eigenvalue weighted by molar-refractivity contribution is -0.137. The number of aryl methyl sites for hydroxylation is 1. The van der Waals surface area contributed by atoms with Crippen LogP contribution in [0, 0.1) is 0 Å². The number of piperidine rings is 2. The van der Waals surface area contributed by atoms with E-state index in [9.17, 15) is 32.3 Å². The Balaban J connectivity index is 1.01. The molecule has 4 amide bonds. The van der Waals surface area contributed by atoms with E-state index in [0.717, 1.165) is 22.7 Å². The number of pyridine rings is 1. The first-order valence-electron chi connectivity index (χ1n) is 18.6. The van der Waals surface area contributed by atoms with Gasteiger partial charge in [0.1, 0.15) is 28.8 Å². The molecule has 2 aromatic carbocycles. The van der Waals surface area contributed by atoms with Crippen LogP contribution in [0.2, 0.25) is 0 Å². The summed E-state index contributed by atoms with van der Waals surface area (Å²) in [5, 5.41) is 8.22. The molecule has 1 aromatic heterocycles. The predicted molar refractivity (Wildman–Crippen MR) is 211 cm³/mol. The molecule has 0 radical (unpaired) electrons. The molecule has 57 heavy (non-hydrogen) atoms. The lowest BCUT2D eigenvalue weighted by Gasteiger charge is -2.36. The molecule has 3 aliphatic heterocycles. The summed E-state index contributed by atoms with van der Waals surface area (Å²) in [5.74, 6) is -1.68. The first-order valence-corrected chi connectivity index (χ1v) is 19.0. The predicted octanol–water partition coefficient (Wildman–Crippen LogP) is 5.59. The number of nitrogens with one attached hydrogen (secondary N) is 3. The molecule has 6 rings (SSSR count). The van der Waals surface area contributed by atoms with Crippen molar-refractivity contribution in [3.8, 4) is 5.75 Å². The molecule has 13 nitrogen and oxygen atoms in total. The van der Waals surface area contributed by atoms with Crippen molar-refractivity contribution in [1.29, 1.82) is 0 Å². The molecule has 0 saturated carbocycles. The van der Waals surface area contributed by atoms with Gasteiger partial charge in [-0.05, 0) is 99.8 Å². The van der Waals surface area contributed by atoms with Gasteiger partial charge in [-0.25, -0.2) is 9.37 Å². The highest BCUT2D eigenvalue weighted by Gasteiger charge is 2.51. The zero-order valence-corrected chi connectivity index (χ0v) is 32.5. The average Bonchev–Trinajstić information content (AvgIpc) is 3.32. The van der Waals surface area contributed by atoms with Crippen molar-refractivity contribution in [2.45, 2.75) is 82.7 Å². The highest BCUT2D eigenvalue weighted by molar-refractivity contribution is 7.81. The number of imide groups is 1. The van der Waals surface area contributed by atoms with Crippen LogP contribution in [0.3, 0.4) is 0 Å². The fraction of sp³-hybridized carbons (Fsp3) is 0.436. The number of carbonyl (C=O) groups excluding carboxylic acids is 4. The van der Waals surface area contributed by atoms with Crippen molar-refractivity contribution in [1.82, 2.24) is 15.2 Å². The molecule has 0 spiro atoms. The lowest BCUT2D eigenvalue weighted by atomic mass is 9.90. The van der Waals surface area contributed by atoms with Crippen molar-refractivity contribution in [2.75, 3.05) is 52.4 Å². The maximum Gasteiger partial charge on any atom is 0.420 e. The Morgan fingerprint density at radius 1 is 1.07 bits per heavy atom. The molecule has 0 bridgehead atoms. The summed E-state index contributed by atoms with van der Waals surface area (Å²) in [6.45, 7) is 6.08. The molecule has 1 unspecified atom stereocenters. The number of aromatic nitrogens is 1. The van der Waals surface area contributed by atoms with Crippen molar-refractivity contribution in [2.24, 2.45) is 0 Å². The number of nitrogens with two attached hydrogens (primary N) is 1. The summed E-state index contributed by atoms with van der Waals surface area (Å²) in [6.07, 6.45) is -2.00. The third-order valence-corrected chi connectivity index (χ3v) is 10.8. The molecule has 4 heterocycles. The smallest absolute Gasteiger partial charge is 0.420 e. The third-order valence-electron chi connectivity index (χ3n) is 10.5. The zero-order valence-electron chi connectivity index (χ0n) is 31.7. The molecule has 5 N–H and O–H groups in total.